The van der Waals surface area contributed by atoms with Gasteiger partial charge in [-0.15, -0.1) is 0 Å². The third kappa shape index (κ3) is 6.87. The van der Waals surface area contributed by atoms with Crippen molar-refractivity contribution in [3.05, 3.63) is 29.3 Å². The number of hydrogen-bond acceptors (Lipinski definition) is 2. The van der Waals surface area contributed by atoms with Crippen LogP contribution in [0.15, 0.2) is 24.3 Å². The number of nitrogens with one attached hydrogen (secondary N) is 1. The van der Waals surface area contributed by atoms with E-state index in [0.29, 0.717) is 0 Å². The Kier molecular flexibility index (Phi) is 5.97. The van der Waals surface area contributed by atoms with E-state index in [2.05, 4.69) is 33.0 Å². The molecule has 0 bridgehead atoms. The van der Waals surface area contributed by atoms with Gasteiger partial charge in [-0.25, -0.2) is 0 Å². The zero-order valence-electron chi connectivity index (χ0n) is 11.8. The molecule has 0 aromatic heterocycles. The Hall–Kier alpha value is -0.730. The largest absolute Gasteiger partial charge is 0.491 e. The summed E-state index contributed by atoms with van der Waals surface area (Å²) >= 11 is 5.83. The maximum absolute atomic E-state index is 5.83. The zero-order chi connectivity index (χ0) is 13.6. The van der Waals surface area contributed by atoms with Crippen LogP contribution in [0.2, 0.25) is 5.02 Å². The van der Waals surface area contributed by atoms with Crippen molar-refractivity contribution in [3.63, 3.8) is 0 Å². The van der Waals surface area contributed by atoms with Gasteiger partial charge in [0.2, 0.25) is 0 Å². The van der Waals surface area contributed by atoms with Gasteiger partial charge in [-0.1, -0.05) is 11.6 Å². The first-order valence-electron chi connectivity index (χ1n) is 6.54. The summed E-state index contributed by atoms with van der Waals surface area (Å²) in [6.07, 6.45) is 2.39. The molecule has 0 aliphatic carbocycles. The minimum atomic E-state index is 0.195. The fourth-order valence-electron chi connectivity index (χ4n) is 1.66. The van der Waals surface area contributed by atoms with Crippen molar-refractivity contribution in [3.8, 4) is 5.75 Å². The molecule has 0 aliphatic rings. The average Bonchev–Trinajstić information content (AvgIpc) is 2.26. The normalized spacial score (nSPS) is 13.4. The summed E-state index contributed by atoms with van der Waals surface area (Å²) in [7, 11) is 0. The first-order valence-corrected chi connectivity index (χ1v) is 6.92. The van der Waals surface area contributed by atoms with Gasteiger partial charge in [0.25, 0.3) is 0 Å². The van der Waals surface area contributed by atoms with Crippen LogP contribution in [0.1, 0.15) is 40.5 Å². The molecule has 1 aromatic rings. The third-order valence-corrected chi connectivity index (χ3v) is 2.85. The number of rotatable bonds is 6. The highest BCUT2D eigenvalue weighted by molar-refractivity contribution is 6.30. The number of hydrogen-bond donors (Lipinski definition) is 1. The lowest BCUT2D eigenvalue weighted by molar-refractivity contribution is 0.206. The summed E-state index contributed by atoms with van der Waals surface area (Å²) < 4.78 is 5.82. The van der Waals surface area contributed by atoms with Gasteiger partial charge in [0, 0.05) is 10.6 Å². The van der Waals surface area contributed by atoms with Gasteiger partial charge in [-0.3, -0.25) is 0 Å². The molecule has 1 N–H and O–H groups in total. The molecular formula is C15H24ClNO. The highest BCUT2D eigenvalue weighted by atomic mass is 35.5. The number of halogens is 1. The van der Waals surface area contributed by atoms with E-state index in [0.717, 1.165) is 30.2 Å². The second-order valence-electron chi connectivity index (χ2n) is 5.70. The second kappa shape index (κ2) is 7.01. The van der Waals surface area contributed by atoms with Crippen LogP contribution < -0.4 is 10.1 Å². The van der Waals surface area contributed by atoms with Crippen LogP contribution in [-0.2, 0) is 0 Å². The highest BCUT2D eigenvalue weighted by Crippen LogP contribution is 2.17. The molecule has 18 heavy (non-hydrogen) atoms. The predicted octanol–water partition coefficient (Wildman–Crippen LogP) is 4.28. The van der Waals surface area contributed by atoms with Gasteiger partial charge in [0.15, 0.2) is 0 Å². The lowest BCUT2D eigenvalue weighted by Crippen LogP contribution is -2.36. The Balaban J connectivity index is 2.21. The lowest BCUT2D eigenvalue weighted by Gasteiger charge is -2.21. The molecule has 0 radical (unpaired) electrons. The number of benzene rings is 1. The minimum absolute atomic E-state index is 0.195. The average molecular weight is 270 g/mol. The maximum Gasteiger partial charge on any atom is 0.119 e. The molecule has 0 spiro atoms. The summed E-state index contributed by atoms with van der Waals surface area (Å²) in [4.78, 5) is 0. The zero-order valence-corrected chi connectivity index (χ0v) is 12.6. The van der Waals surface area contributed by atoms with Crippen LogP contribution in [0.4, 0.5) is 0 Å². The van der Waals surface area contributed by atoms with E-state index < -0.39 is 0 Å². The van der Waals surface area contributed by atoms with Crippen molar-refractivity contribution < 1.29 is 4.74 Å². The van der Waals surface area contributed by atoms with Crippen molar-refractivity contribution in [1.29, 1.82) is 0 Å². The summed E-state index contributed by atoms with van der Waals surface area (Å²) in [6, 6.07) is 7.52. The van der Waals surface area contributed by atoms with Gasteiger partial charge in [0.05, 0.1) is 6.10 Å². The Morgan fingerprint density at radius 3 is 2.39 bits per heavy atom. The topological polar surface area (TPSA) is 21.3 Å². The predicted molar refractivity (Wildman–Crippen MR) is 78.5 cm³/mol. The molecule has 0 heterocycles. The number of ether oxygens (including phenoxy) is 1. The summed E-state index contributed by atoms with van der Waals surface area (Å²) in [5.41, 5.74) is 0.195. The molecule has 0 aliphatic heterocycles. The summed E-state index contributed by atoms with van der Waals surface area (Å²) in [6.45, 7) is 9.67. The van der Waals surface area contributed by atoms with E-state index >= 15 is 0 Å². The molecule has 0 fully saturated rings. The van der Waals surface area contributed by atoms with E-state index in [9.17, 15) is 0 Å². The van der Waals surface area contributed by atoms with Gasteiger partial charge in [-0.2, -0.15) is 0 Å². The maximum atomic E-state index is 5.83. The van der Waals surface area contributed by atoms with Gasteiger partial charge in [-0.05, 0) is 71.3 Å². The Labute approximate surface area is 116 Å². The third-order valence-electron chi connectivity index (χ3n) is 2.59. The fourth-order valence-corrected chi connectivity index (χ4v) is 1.78. The second-order valence-corrected chi connectivity index (χ2v) is 6.14. The van der Waals surface area contributed by atoms with E-state index in [1.807, 2.05) is 24.3 Å². The summed E-state index contributed by atoms with van der Waals surface area (Å²) in [5.74, 6) is 0.885. The molecule has 0 amide bonds. The van der Waals surface area contributed by atoms with Crippen LogP contribution in [0, 0.1) is 0 Å². The standard InChI is InChI=1S/C15H24ClNO/c1-12(6-5-11-17-15(2,3)4)18-14-9-7-13(16)8-10-14/h7-10,12,17H,5-6,11H2,1-4H3. The van der Waals surface area contributed by atoms with Crippen LogP contribution in [0.5, 0.6) is 5.75 Å². The Morgan fingerprint density at radius 2 is 1.83 bits per heavy atom. The van der Waals surface area contributed by atoms with Crippen molar-refractivity contribution >= 4 is 11.6 Å². The van der Waals surface area contributed by atoms with E-state index in [1.165, 1.54) is 0 Å². The molecule has 1 aromatic carbocycles. The van der Waals surface area contributed by atoms with Crippen molar-refractivity contribution in [2.45, 2.75) is 52.2 Å². The van der Waals surface area contributed by atoms with E-state index in [1.54, 1.807) is 0 Å². The van der Waals surface area contributed by atoms with Crippen molar-refractivity contribution in [1.82, 2.24) is 5.32 Å². The van der Waals surface area contributed by atoms with Crippen LogP contribution >= 0.6 is 11.6 Å². The highest BCUT2D eigenvalue weighted by Gasteiger charge is 2.09. The van der Waals surface area contributed by atoms with Crippen LogP contribution in [0.25, 0.3) is 0 Å². The molecule has 1 unspecified atom stereocenters. The Bertz CT molecular complexity index is 343. The van der Waals surface area contributed by atoms with E-state index in [4.69, 9.17) is 16.3 Å². The molecule has 2 nitrogen and oxygen atoms in total. The van der Waals surface area contributed by atoms with Crippen LogP contribution in [0.3, 0.4) is 0 Å². The van der Waals surface area contributed by atoms with Crippen molar-refractivity contribution in [2.75, 3.05) is 6.54 Å². The molecule has 3 heteroatoms. The first kappa shape index (κ1) is 15.3. The Morgan fingerprint density at radius 1 is 1.22 bits per heavy atom. The smallest absolute Gasteiger partial charge is 0.119 e. The quantitative estimate of drug-likeness (QED) is 0.779. The van der Waals surface area contributed by atoms with Crippen molar-refractivity contribution in [2.24, 2.45) is 0 Å². The molecule has 1 atom stereocenters. The minimum Gasteiger partial charge on any atom is -0.491 e. The van der Waals surface area contributed by atoms with Gasteiger partial charge < -0.3 is 10.1 Å². The molecule has 0 saturated carbocycles. The van der Waals surface area contributed by atoms with E-state index in [-0.39, 0.29) is 11.6 Å². The monoisotopic (exact) mass is 269 g/mol. The SMILES string of the molecule is CC(CCCNC(C)(C)C)Oc1ccc(Cl)cc1. The molecule has 0 saturated heterocycles. The van der Waals surface area contributed by atoms with Gasteiger partial charge >= 0.3 is 0 Å². The van der Waals surface area contributed by atoms with Crippen LogP contribution in [-0.4, -0.2) is 18.2 Å². The van der Waals surface area contributed by atoms with Gasteiger partial charge in [0.1, 0.15) is 5.75 Å². The fraction of sp³-hybridized carbons (Fsp3) is 0.600. The lowest BCUT2D eigenvalue weighted by atomic mass is 10.1. The first-order chi connectivity index (χ1) is 8.37. The summed E-state index contributed by atoms with van der Waals surface area (Å²) in [5, 5.41) is 4.22. The molecule has 102 valence electrons. The molecule has 1 rings (SSSR count). The molecular weight excluding hydrogens is 246 g/mol.